The van der Waals surface area contributed by atoms with E-state index in [1.54, 1.807) is 48.4 Å². The summed E-state index contributed by atoms with van der Waals surface area (Å²) in [5.74, 6) is 0.429. The Balaban J connectivity index is 1.87. The van der Waals surface area contributed by atoms with Gasteiger partial charge in [-0.3, -0.25) is 23.9 Å². The Morgan fingerprint density at radius 3 is 2.30 bits per heavy atom. The number of nitrogens with zero attached hydrogens (tertiary/aromatic N) is 2. The van der Waals surface area contributed by atoms with Crippen molar-refractivity contribution in [3.63, 3.8) is 0 Å². The van der Waals surface area contributed by atoms with Crippen molar-refractivity contribution in [1.29, 1.82) is 0 Å². The number of carbonyl (C=O) groups excluding carboxylic acids is 1. The second kappa shape index (κ2) is 11.2. The average molecular weight is 567 g/mol. The Labute approximate surface area is 233 Å². The van der Waals surface area contributed by atoms with Gasteiger partial charge in [-0.1, -0.05) is 39.0 Å². The minimum atomic E-state index is -3.53. The Morgan fingerprint density at radius 1 is 1.02 bits per heavy atom. The fourth-order valence-electron chi connectivity index (χ4n) is 4.74. The van der Waals surface area contributed by atoms with Gasteiger partial charge in [-0.15, -0.1) is 0 Å². The van der Waals surface area contributed by atoms with Crippen LogP contribution in [0.5, 0.6) is 5.75 Å². The number of aromatic amines is 1. The van der Waals surface area contributed by atoms with Gasteiger partial charge in [0.05, 0.1) is 19.1 Å². The molecule has 1 amide bonds. The van der Waals surface area contributed by atoms with Crippen molar-refractivity contribution < 1.29 is 17.9 Å². The van der Waals surface area contributed by atoms with E-state index in [4.69, 9.17) is 4.74 Å². The Hall–Kier alpha value is -4.12. The summed E-state index contributed by atoms with van der Waals surface area (Å²) >= 11 is 0. The number of sulfonamides is 1. The summed E-state index contributed by atoms with van der Waals surface area (Å²) in [5, 5.41) is 0. The van der Waals surface area contributed by atoms with Crippen molar-refractivity contribution in [2.45, 2.75) is 39.0 Å². The van der Waals surface area contributed by atoms with Gasteiger partial charge in [-0.05, 0) is 48.1 Å². The normalized spacial score (nSPS) is 14.1. The summed E-state index contributed by atoms with van der Waals surface area (Å²) in [4.78, 5) is 41.7. The second-order valence-corrected chi connectivity index (χ2v) is 12.6. The molecule has 1 saturated heterocycles. The topological polar surface area (TPSA) is 131 Å². The first kappa shape index (κ1) is 28.9. The zero-order valence-electron chi connectivity index (χ0n) is 23.3. The van der Waals surface area contributed by atoms with Crippen LogP contribution < -0.4 is 20.7 Å². The first-order chi connectivity index (χ1) is 18.8. The summed E-state index contributed by atoms with van der Waals surface area (Å²) in [6.07, 6.45) is 7.89. The van der Waals surface area contributed by atoms with Crippen molar-refractivity contribution in [1.82, 2.24) is 14.5 Å². The molecular weight excluding hydrogens is 532 g/mol. The van der Waals surface area contributed by atoms with Gasteiger partial charge >= 0.3 is 5.69 Å². The molecule has 0 spiro atoms. The maximum Gasteiger partial charge on any atom is 0.332 e. The summed E-state index contributed by atoms with van der Waals surface area (Å²) in [6, 6.07) is 9.75. The van der Waals surface area contributed by atoms with Gasteiger partial charge in [0, 0.05) is 47.7 Å². The highest BCUT2D eigenvalue weighted by atomic mass is 32.2. The minimum Gasteiger partial charge on any atom is -0.496 e. The van der Waals surface area contributed by atoms with Crippen molar-refractivity contribution in [2.75, 3.05) is 31.2 Å². The molecule has 0 saturated carbocycles. The van der Waals surface area contributed by atoms with Crippen LogP contribution in [-0.2, 0) is 15.4 Å². The molecule has 0 bridgehead atoms. The number of H-pyrrole nitrogens is 1. The molecule has 4 rings (SSSR count). The minimum absolute atomic E-state index is 0.176. The number of aromatic nitrogens is 2. The lowest BCUT2D eigenvalue weighted by Crippen LogP contribution is -2.28. The molecule has 3 aromatic rings. The van der Waals surface area contributed by atoms with Crippen LogP contribution in [0.2, 0.25) is 0 Å². The Kier molecular flexibility index (Phi) is 8.06. The molecule has 10 nitrogen and oxygen atoms in total. The number of carbonyl (C=O) groups is 1. The third-order valence-electron chi connectivity index (χ3n) is 6.64. The molecule has 1 aliphatic heterocycles. The standard InChI is InChI=1S/C29H34N4O6S/c1-29(2,3)24-18-22(33-15-12-25(34)30-28(33)36)16-20(26(24)39-4)9-8-19-10-11-21(31-40(5,37)38)17-23(19)27(35)32-13-6-7-14-32/h8-12,15-18,31H,6-7,13-14H2,1-5H3,(H,30,34,36)/b9-8+. The van der Waals surface area contributed by atoms with E-state index >= 15 is 0 Å². The largest absolute Gasteiger partial charge is 0.496 e. The molecule has 0 unspecified atom stereocenters. The number of benzene rings is 2. The lowest BCUT2D eigenvalue weighted by Gasteiger charge is -2.25. The van der Waals surface area contributed by atoms with Crippen LogP contribution in [0.15, 0.2) is 52.2 Å². The molecule has 2 aromatic carbocycles. The molecule has 2 N–H and O–H groups in total. The first-order valence-corrected chi connectivity index (χ1v) is 14.8. The molecule has 40 heavy (non-hydrogen) atoms. The molecule has 0 aliphatic carbocycles. The van der Waals surface area contributed by atoms with Crippen LogP contribution in [-0.4, -0.2) is 55.2 Å². The second-order valence-electron chi connectivity index (χ2n) is 10.9. The molecular formula is C29H34N4O6S. The number of methoxy groups -OCH3 is 1. The van der Waals surface area contributed by atoms with Crippen LogP contribution in [0, 0.1) is 0 Å². The highest BCUT2D eigenvalue weighted by Crippen LogP contribution is 2.37. The molecule has 2 heterocycles. The number of ether oxygens (including phenoxy) is 1. The van der Waals surface area contributed by atoms with Gasteiger partial charge in [0.2, 0.25) is 10.0 Å². The van der Waals surface area contributed by atoms with Crippen LogP contribution in [0.4, 0.5) is 5.69 Å². The van der Waals surface area contributed by atoms with Gasteiger partial charge in [0.1, 0.15) is 5.75 Å². The highest BCUT2D eigenvalue weighted by Gasteiger charge is 2.24. The fourth-order valence-corrected chi connectivity index (χ4v) is 5.29. The number of hydrogen-bond acceptors (Lipinski definition) is 6. The monoisotopic (exact) mass is 566 g/mol. The van der Waals surface area contributed by atoms with E-state index in [1.807, 2.05) is 26.8 Å². The number of likely N-dealkylation sites (tertiary alicyclic amines) is 1. The van der Waals surface area contributed by atoms with Crippen LogP contribution in [0.25, 0.3) is 17.8 Å². The van der Waals surface area contributed by atoms with E-state index < -0.39 is 21.3 Å². The smallest absolute Gasteiger partial charge is 0.332 e. The van der Waals surface area contributed by atoms with Gasteiger partial charge in [0.25, 0.3) is 11.5 Å². The van der Waals surface area contributed by atoms with Crippen molar-refractivity contribution >= 4 is 33.8 Å². The molecule has 1 fully saturated rings. The van der Waals surface area contributed by atoms with E-state index in [1.165, 1.54) is 16.8 Å². The molecule has 0 atom stereocenters. The zero-order chi connectivity index (χ0) is 29.2. The van der Waals surface area contributed by atoms with E-state index in [2.05, 4.69) is 9.71 Å². The van der Waals surface area contributed by atoms with Crippen LogP contribution in [0.1, 0.15) is 60.7 Å². The van der Waals surface area contributed by atoms with Gasteiger partial charge in [-0.25, -0.2) is 13.2 Å². The van der Waals surface area contributed by atoms with E-state index in [0.717, 1.165) is 24.7 Å². The zero-order valence-corrected chi connectivity index (χ0v) is 24.1. The number of hydrogen-bond donors (Lipinski definition) is 2. The predicted molar refractivity (Wildman–Crippen MR) is 157 cm³/mol. The average Bonchev–Trinajstić information content (AvgIpc) is 3.40. The molecule has 1 aromatic heterocycles. The van der Waals surface area contributed by atoms with E-state index in [9.17, 15) is 22.8 Å². The Morgan fingerprint density at radius 2 is 1.70 bits per heavy atom. The third kappa shape index (κ3) is 6.53. The molecule has 0 radical (unpaired) electrons. The summed E-state index contributed by atoms with van der Waals surface area (Å²) in [7, 11) is -1.96. The summed E-state index contributed by atoms with van der Waals surface area (Å²) < 4.78 is 33.3. The van der Waals surface area contributed by atoms with Gasteiger partial charge in [-0.2, -0.15) is 0 Å². The Bertz CT molecular complexity index is 1690. The maximum absolute atomic E-state index is 13.4. The lowest BCUT2D eigenvalue weighted by atomic mass is 9.84. The number of nitrogens with one attached hydrogen (secondary N) is 2. The number of rotatable bonds is 7. The molecule has 212 valence electrons. The van der Waals surface area contributed by atoms with E-state index in [0.29, 0.717) is 46.9 Å². The van der Waals surface area contributed by atoms with E-state index in [-0.39, 0.29) is 11.3 Å². The maximum atomic E-state index is 13.4. The summed E-state index contributed by atoms with van der Waals surface area (Å²) in [6.45, 7) is 7.36. The third-order valence-corrected chi connectivity index (χ3v) is 7.25. The first-order valence-electron chi connectivity index (χ1n) is 12.9. The molecule has 1 aliphatic rings. The fraction of sp³-hybridized carbons (Fsp3) is 0.345. The van der Waals surface area contributed by atoms with Crippen molar-refractivity contribution in [3.05, 3.63) is 85.7 Å². The predicted octanol–water partition coefficient (Wildman–Crippen LogP) is 3.61. The van der Waals surface area contributed by atoms with Gasteiger partial charge < -0.3 is 9.64 Å². The van der Waals surface area contributed by atoms with Crippen molar-refractivity contribution in [2.24, 2.45) is 0 Å². The number of anilines is 1. The van der Waals surface area contributed by atoms with Crippen LogP contribution >= 0.6 is 0 Å². The van der Waals surface area contributed by atoms with Crippen LogP contribution in [0.3, 0.4) is 0 Å². The highest BCUT2D eigenvalue weighted by molar-refractivity contribution is 7.92. The lowest BCUT2D eigenvalue weighted by molar-refractivity contribution is 0.0792. The van der Waals surface area contributed by atoms with Crippen molar-refractivity contribution in [3.8, 4) is 11.4 Å². The summed E-state index contributed by atoms with van der Waals surface area (Å²) in [5.41, 5.74) is 1.88. The van der Waals surface area contributed by atoms with Gasteiger partial charge in [0.15, 0.2) is 0 Å². The SMILES string of the molecule is COc1c(/C=C/c2ccc(NS(C)(=O)=O)cc2C(=O)N2CCCC2)cc(-n2ccc(=O)[nH]c2=O)cc1C(C)(C)C. The molecule has 11 heteroatoms. The number of amides is 1. The quantitative estimate of drug-likeness (QED) is 0.420.